The lowest BCUT2D eigenvalue weighted by molar-refractivity contribution is -0.135. The molecule has 0 atom stereocenters. The van der Waals surface area contributed by atoms with Crippen LogP contribution in [-0.4, -0.2) is 85.4 Å². The lowest BCUT2D eigenvalue weighted by Gasteiger charge is -2.38. The average molecular weight is 435 g/mol. The minimum Gasteiger partial charge on any atom is -0.368 e. The summed E-state index contributed by atoms with van der Waals surface area (Å²) < 4.78 is 0. The molecule has 2 aromatic carbocycles. The first-order chi connectivity index (χ1) is 15.5. The van der Waals surface area contributed by atoms with Crippen molar-refractivity contribution in [2.75, 3.05) is 63.8 Å². The fourth-order valence-electron chi connectivity index (χ4n) is 4.48. The summed E-state index contributed by atoms with van der Waals surface area (Å²) in [7, 11) is 0. The first kappa shape index (κ1) is 22.3. The van der Waals surface area contributed by atoms with Crippen LogP contribution >= 0.6 is 0 Å². The Balaban J connectivity index is 1.19. The first-order valence-electron chi connectivity index (χ1n) is 11.6. The van der Waals surface area contributed by atoms with Crippen molar-refractivity contribution in [2.24, 2.45) is 0 Å². The van der Waals surface area contributed by atoms with Gasteiger partial charge in [-0.25, -0.2) is 0 Å². The van der Waals surface area contributed by atoms with Gasteiger partial charge < -0.3 is 14.7 Å². The van der Waals surface area contributed by atoms with Crippen LogP contribution in [0.15, 0.2) is 48.5 Å². The van der Waals surface area contributed by atoms with E-state index >= 15 is 0 Å². The number of hydrogen-bond donors (Lipinski definition) is 0. The molecule has 2 amide bonds. The number of hydrogen-bond acceptors (Lipinski definition) is 4. The van der Waals surface area contributed by atoms with Crippen molar-refractivity contribution in [3.05, 3.63) is 65.2 Å². The van der Waals surface area contributed by atoms with Crippen molar-refractivity contribution in [3.8, 4) is 0 Å². The summed E-state index contributed by atoms with van der Waals surface area (Å²) >= 11 is 0. The molecule has 6 heteroatoms. The van der Waals surface area contributed by atoms with Gasteiger partial charge in [-0.1, -0.05) is 42.0 Å². The first-order valence-corrected chi connectivity index (χ1v) is 11.6. The van der Waals surface area contributed by atoms with E-state index in [2.05, 4.69) is 47.9 Å². The fraction of sp³-hybridized carbons (Fsp3) is 0.462. The van der Waals surface area contributed by atoms with E-state index < -0.39 is 0 Å². The molecule has 2 aliphatic heterocycles. The molecule has 0 bridgehead atoms. The maximum absolute atomic E-state index is 12.8. The monoisotopic (exact) mass is 434 g/mol. The van der Waals surface area contributed by atoms with Gasteiger partial charge >= 0.3 is 0 Å². The Morgan fingerprint density at radius 2 is 1.34 bits per heavy atom. The molecule has 0 N–H and O–H groups in total. The van der Waals surface area contributed by atoms with Gasteiger partial charge in [-0.05, 0) is 37.1 Å². The van der Waals surface area contributed by atoms with Crippen molar-refractivity contribution < 1.29 is 9.59 Å². The summed E-state index contributed by atoms with van der Waals surface area (Å²) in [6, 6.07) is 16.7. The van der Waals surface area contributed by atoms with E-state index in [1.54, 1.807) is 0 Å². The van der Waals surface area contributed by atoms with E-state index in [1.807, 2.05) is 34.1 Å². The lowest BCUT2D eigenvalue weighted by Crippen LogP contribution is -2.54. The Labute approximate surface area is 191 Å². The number of nitrogens with zero attached hydrogens (tertiary/aromatic N) is 4. The molecule has 0 radical (unpaired) electrons. The highest BCUT2D eigenvalue weighted by Gasteiger charge is 2.26. The van der Waals surface area contributed by atoms with Crippen molar-refractivity contribution in [2.45, 2.75) is 20.3 Å². The predicted octanol–water partition coefficient (Wildman–Crippen LogP) is 2.34. The standard InChI is InChI=1S/C26H34N4O2/c1-21-6-8-23(9-7-21)19-25(31)29-12-10-27(11-13-29)20-26(32)30-16-14-28(15-17-30)24-5-3-4-22(2)18-24/h3-9,18H,10-17,19-20H2,1-2H3. The van der Waals surface area contributed by atoms with Crippen LogP contribution in [0.1, 0.15) is 16.7 Å². The lowest BCUT2D eigenvalue weighted by atomic mass is 10.1. The molecule has 2 heterocycles. The van der Waals surface area contributed by atoms with Crippen LogP contribution in [0.3, 0.4) is 0 Å². The smallest absolute Gasteiger partial charge is 0.236 e. The van der Waals surface area contributed by atoms with Gasteiger partial charge in [0.1, 0.15) is 0 Å². The summed E-state index contributed by atoms with van der Waals surface area (Å²) in [5, 5.41) is 0. The van der Waals surface area contributed by atoms with Gasteiger partial charge in [-0.2, -0.15) is 0 Å². The second-order valence-corrected chi connectivity index (χ2v) is 9.03. The third-order valence-electron chi connectivity index (χ3n) is 6.56. The molecule has 0 unspecified atom stereocenters. The molecule has 2 aromatic rings. The van der Waals surface area contributed by atoms with Crippen LogP contribution in [0.5, 0.6) is 0 Å². The zero-order valence-electron chi connectivity index (χ0n) is 19.3. The maximum atomic E-state index is 12.8. The molecule has 170 valence electrons. The molecule has 0 aromatic heterocycles. The highest BCUT2D eigenvalue weighted by Crippen LogP contribution is 2.18. The Kier molecular flexibility index (Phi) is 7.10. The number of aryl methyl sites for hydroxylation is 2. The van der Waals surface area contributed by atoms with Crippen LogP contribution < -0.4 is 4.90 Å². The molecule has 2 saturated heterocycles. The van der Waals surface area contributed by atoms with Gasteiger partial charge in [0.2, 0.25) is 11.8 Å². The zero-order chi connectivity index (χ0) is 22.5. The fourth-order valence-corrected chi connectivity index (χ4v) is 4.48. The Bertz CT molecular complexity index is 927. The molecular weight excluding hydrogens is 400 g/mol. The van der Waals surface area contributed by atoms with Crippen LogP contribution in [0, 0.1) is 13.8 Å². The van der Waals surface area contributed by atoms with E-state index in [0.717, 1.165) is 44.8 Å². The number of carbonyl (C=O) groups is 2. The number of piperazine rings is 2. The number of carbonyl (C=O) groups excluding carboxylic acids is 2. The van der Waals surface area contributed by atoms with Crippen molar-refractivity contribution in [1.29, 1.82) is 0 Å². The third-order valence-corrected chi connectivity index (χ3v) is 6.56. The van der Waals surface area contributed by atoms with E-state index in [0.29, 0.717) is 26.1 Å². The minimum absolute atomic E-state index is 0.173. The largest absolute Gasteiger partial charge is 0.368 e. The summed E-state index contributed by atoms with van der Waals surface area (Å²) in [6.45, 7) is 10.8. The van der Waals surface area contributed by atoms with E-state index in [4.69, 9.17) is 0 Å². The topological polar surface area (TPSA) is 47.1 Å². The number of amides is 2. The Morgan fingerprint density at radius 3 is 2.00 bits per heavy atom. The van der Waals surface area contributed by atoms with Crippen LogP contribution in [-0.2, 0) is 16.0 Å². The molecule has 4 rings (SSSR count). The van der Waals surface area contributed by atoms with Crippen molar-refractivity contribution in [1.82, 2.24) is 14.7 Å². The molecule has 2 aliphatic rings. The van der Waals surface area contributed by atoms with Gasteiger partial charge in [0, 0.05) is 58.0 Å². The molecule has 6 nitrogen and oxygen atoms in total. The highest BCUT2D eigenvalue weighted by molar-refractivity contribution is 5.80. The summed E-state index contributed by atoms with van der Waals surface area (Å²) in [5.74, 6) is 0.375. The van der Waals surface area contributed by atoms with Gasteiger partial charge in [0.25, 0.3) is 0 Å². The van der Waals surface area contributed by atoms with Crippen molar-refractivity contribution in [3.63, 3.8) is 0 Å². The maximum Gasteiger partial charge on any atom is 0.236 e. The van der Waals surface area contributed by atoms with Crippen molar-refractivity contribution >= 4 is 17.5 Å². The van der Waals surface area contributed by atoms with Crippen LogP contribution in [0.4, 0.5) is 5.69 Å². The third kappa shape index (κ3) is 5.68. The zero-order valence-corrected chi connectivity index (χ0v) is 19.3. The quantitative estimate of drug-likeness (QED) is 0.725. The number of benzene rings is 2. The summed E-state index contributed by atoms with van der Waals surface area (Å²) in [5.41, 5.74) is 4.76. The molecule has 2 fully saturated rings. The second kappa shape index (κ2) is 10.2. The van der Waals surface area contributed by atoms with Gasteiger partial charge in [-0.3, -0.25) is 14.5 Å². The van der Waals surface area contributed by atoms with Gasteiger partial charge in [0.05, 0.1) is 13.0 Å². The molecule has 0 aliphatic carbocycles. The van der Waals surface area contributed by atoms with E-state index in [9.17, 15) is 9.59 Å². The van der Waals surface area contributed by atoms with Crippen LogP contribution in [0.2, 0.25) is 0 Å². The summed E-state index contributed by atoms with van der Waals surface area (Å²) in [6.07, 6.45) is 0.449. The Morgan fingerprint density at radius 1 is 0.719 bits per heavy atom. The van der Waals surface area contributed by atoms with Crippen LogP contribution in [0.25, 0.3) is 0 Å². The normalized spacial score (nSPS) is 17.5. The van der Waals surface area contributed by atoms with E-state index in [1.165, 1.54) is 16.8 Å². The minimum atomic E-state index is 0.173. The molecule has 32 heavy (non-hydrogen) atoms. The summed E-state index contributed by atoms with van der Waals surface area (Å²) in [4.78, 5) is 33.9. The number of anilines is 1. The molecular formula is C26H34N4O2. The molecule has 0 saturated carbocycles. The van der Waals surface area contributed by atoms with Gasteiger partial charge in [-0.15, -0.1) is 0 Å². The highest BCUT2D eigenvalue weighted by atomic mass is 16.2. The molecule has 0 spiro atoms. The second-order valence-electron chi connectivity index (χ2n) is 9.03. The predicted molar refractivity (Wildman–Crippen MR) is 128 cm³/mol. The Hall–Kier alpha value is -2.86. The number of rotatable bonds is 5. The SMILES string of the molecule is Cc1ccc(CC(=O)N2CCN(CC(=O)N3CCN(c4cccc(C)c4)CC3)CC2)cc1. The van der Waals surface area contributed by atoms with E-state index in [-0.39, 0.29) is 11.8 Å². The van der Waals surface area contributed by atoms with Gasteiger partial charge in [0.15, 0.2) is 0 Å². The average Bonchev–Trinajstić information content (AvgIpc) is 2.81.